The number of likely N-dealkylation sites (N-methyl/N-ethyl adjacent to an activating group) is 1. The molecule has 1 N–H and O–H groups in total. The van der Waals surface area contributed by atoms with E-state index in [0.717, 1.165) is 13.1 Å². The van der Waals surface area contributed by atoms with Crippen LogP contribution >= 0.6 is 0 Å². The fourth-order valence-electron chi connectivity index (χ4n) is 3.45. The SMILES string of the molecule is CC1OC(C)C(C(=O)N(C)CC2CCCCN2)C1C. The summed E-state index contributed by atoms with van der Waals surface area (Å²) in [6.45, 7) is 8.13. The van der Waals surface area contributed by atoms with Crippen LogP contribution in [0.25, 0.3) is 0 Å². The number of piperidine rings is 1. The van der Waals surface area contributed by atoms with Gasteiger partial charge >= 0.3 is 0 Å². The van der Waals surface area contributed by atoms with Gasteiger partial charge < -0.3 is 15.0 Å². The molecule has 2 aliphatic heterocycles. The van der Waals surface area contributed by atoms with Gasteiger partial charge in [0, 0.05) is 19.6 Å². The van der Waals surface area contributed by atoms with Gasteiger partial charge in [0.15, 0.2) is 0 Å². The molecule has 2 heterocycles. The number of carbonyl (C=O) groups excluding carboxylic acids is 1. The molecule has 0 aromatic heterocycles. The Labute approximate surface area is 116 Å². The first-order valence-corrected chi connectivity index (χ1v) is 7.64. The molecule has 0 spiro atoms. The minimum Gasteiger partial charge on any atom is -0.374 e. The Bertz CT molecular complexity index is 315. The normalized spacial score (nSPS) is 39.3. The molecule has 0 saturated carbocycles. The molecule has 19 heavy (non-hydrogen) atoms. The highest BCUT2D eigenvalue weighted by atomic mass is 16.5. The quantitative estimate of drug-likeness (QED) is 0.846. The molecule has 1 amide bonds. The molecule has 4 heteroatoms. The van der Waals surface area contributed by atoms with Crippen molar-refractivity contribution in [1.29, 1.82) is 0 Å². The number of hydrogen-bond donors (Lipinski definition) is 1. The second-order valence-corrected chi connectivity index (χ2v) is 6.30. The van der Waals surface area contributed by atoms with Crippen molar-refractivity contribution in [1.82, 2.24) is 10.2 Å². The average Bonchev–Trinajstić information content (AvgIpc) is 2.63. The maximum absolute atomic E-state index is 12.6. The monoisotopic (exact) mass is 268 g/mol. The van der Waals surface area contributed by atoms with Gasteiger partial charge in [0.05, 0.1) is 18.1 Å². The van der Waals surface area contributed by atoms with Gasteiger partial charge in [0.2, 0.25) is 5.91 Å². The van der Waals surface area contributed by atoms with Crippen molar-refractivity contribution < 1.29 is 9.53 Å². The number of nitrogens with zero attached hydrogens (tertiary/aromatic N) is 1. The van der Waals surface area contributed by atoms with Crippen LogP contribution in [0.3, 0.4) is 0 Å². The highest BCUT2D eigenvalue weighted by Crippen LogP contribution is 2.33. The summed E-state index contributed by atoms with van der Waals surface area (Å²) in [6, 6.07) is 0.466. The molecular weight excluding hydrogens is 240 g/mol. The van der Waals surface area contributed by atoms with Crippen LogP contribution in [0.4, 0.5) is 0 Å². The zero-order valence-electron chi connectivity index (χ0n) is 12.7. The first-order chi connectivity index (χ1) is 9.00. The Kier molecular flexibility index (Phi) is 4.85. The van der Waals surface area contributed by atoms with E-state index < -0.39 is 0 Å². The molecule has 2 fully saturated rings. The highest BCUT2D eigenvalue weighted by molar-refractivity contribution is 5.79. The second kappa shape index (κ2) is 6.23. The third-order valence-corrected chi connectivity index (χ3v) is 4.81. The van der Waals surface area contributed by atoms with E-state index in [9.17, 15) is 4.79 Å². The van der Waals surface area contributed by atoms with Gasteiger partial charge in [-0.1, -0.05) is 13.3 Å². The van der Waals surface area contributed by atoms with Crippen LogP contribution in [-0.2, 0) is 9.53 Å². The number of nitrogens with one attached hydrogen (secondary N) is 1. The molecule has 0 aromatic rings. The zero-order valence-corrected chi connectivity index (χ0v) is 12.7. The van der Waals surface area contributed by atoms with E-state index in [1.807, 2.05) is 18.9 Å². The second-order valence-electron chi connectivity index (χ2n) is 6.30. The lowest BCUT2D eigenvalue weighted by Crippen LogP contribution is -2.47. The Hall–Kier alpha value is -0.610. The summed E-state index contributed by atoms with van der Waals surface area (Å²) in [5.41, 5.74) is 0. The first kappa shape index (κ1) is 14.8. The molecule has 0 aliphatic carbocycles. The van der Waals surface area contributed by atoms with E-state index in [1.165, 1.54) is 19.3 Å². The highest BCUT2D eigenvalue weighted by Gasteiger charge is 2.42. The van der Waals surface area contributed by atoms with Gasteiger partial charge in [0.1, 0.15) is 0 Å². The Morgan fingerprint density at radius 2 is 2.00 bits per heavy atom. The maximum Gasteiger partial charge on any atom is 0.228 e. The van der Waals surface area contributed by atoms with Crippen molar-refractivity contribution in [2.75, 3.05) is 20.1 Å². The standard InChI is InChI=1S/C15H28N2O2/c1-10-11(2)19-12(3)14(10)15(18)17(4)9-13-7-5-6-8-16-13/h10-14,16H,5-9H2,1-4H3. The van der Waals surface area contributed by atoms with Crippen LogP contribution < -0.4 is 5.32 Å². The molecule has 4 nitrogen and oxygen atoms in total. The van der Waals surface area contributed by atoms with E-state index in [4.69, 9.17) is 4.74 Å². The molecule has 2 saturated heterocycles. The molecular formula is C15H28N2O2. The van der Waals surface area contributed by atoms with Gasteiger partial charge in [-0.3, -0.25) is 4.79 Å². The Morgan fingerprint density at radius 1 is 1.26 bits per heavy atom. The zero-order chi connectivity index (χ0) is 14.0. The van der Waals surface area contributed by atoms with E-state index >= 15 is 0 Å². The van der Waals surface area contributed by atoms with E-state index in [2.05, 4.69) is 19.2 Å². The van der Waals surface area contributed by atoms with Crippen molar-refractivity contribution in [3.8, 4) is 0 Å². The lowest BCUT2D eigenvalue weighted by molar-refractivity contribution is -0.137. The third-order valence-electron chi connectivity index (χ3n) is 4.81. The number of carbonyl (C=O) groups is 1. The lowest BCUT2D eigenvalue weighted by atomic mass is 9.88. The summed E-state index contributed by atoms with van der Waals surface area (Å²) in [4.78, 5) is 14.5. The maximum atomic E-state index is 12.6. The predicted molar refractivity (Wildman–Crippen MR) is 75.9 cm³/mol. The van der Waals surface area contributed by atoms with Gasteiger partial charge in [0.25, 0.3) is 0 Å². The van der Waals surface area contributed by atoms with Crippen LogP contribution in [-0.4, -0.2) is 49.2 Å². The number of ether oxygens (including phenoxy) is 1. The topological polar surface area (TPSA) is 41.6 Å². The Balaban J connectivity index is 1.91. The molecule has 2 rings (SSSR count). The van der Waals surface area contributed by atoms with Crippen LogP contribution in [0.5, 0.6) is 0 Å². The minimum atomic E-state index is 0.0172. The van der Waals surface area contributed by atoms with E-state index in [-0.39, 0.29) is 24.0 Å². The van der Waals surface area contributed by atoms with Gasteiger partial charge in [-0.2, -0.15) is 0 Å². The van der Waals surface area contributed by atoms with Crippen LogP contribution in [0.1, 0.15) is 40.0 Å². The lowest BCUT2D eigenvalue weighted by Gasteiger charge is -2.31. The van der Waals surface area contributed by atoms with Crippen molar-refractivity contribution in [2.45, 2.75) is 58.3 Å². The van der Waals surface area contributed by atoms with Gasteiger partial charge in [-0.15, -0.1) is 0 Å². The van der Waals surface area contributed by atoms with E-state index in [0.29, 0.717) is 12.0 Å². The Morgan fingerprint density at radius 3 is 2.53 bits per heavy atom. The molecule has 2 aliphatic rings. The summed E-state index contributed by atoms with van der Waals surface area (Å²) in [5.74, 6) is 0.574. The number of amides is 1. The molecule has 0 radical (unpaired) electrons. The summed E-state index contributed by atoms with van der Waals surface area (Å²) in [7, 11) is 1.93. The predicted octanol–water partition coefficient (Wildman–Crippen LogP) is 1.65. The molecule has 0 bridgehead atoms. The summed E-state index contributed by atoms with van der Waals surface area (Å²) >= 11 is 0. The fourth-order valence-corrected chi connectivity index (χ4v) is 3.45. The smallest absolute Gasteiger partial charge is 0.228 e. The third kappa shape index (κ3) is 3.29. The summed E-state index contributed by atoms with van der Waals surface area (Å²) in [5, 5.41) is 3.50. The molecule has 0 aromatic carbocycles. The summed E-state index contributed by atoms with van der Waals surface area (Å²) < 4.78 is 5.78. The van der Waals surface area contributed by atoms with Crippen molar-refractivity contribution in [3.05, 3.63) is 0 Å². The van der Waals surface area contributed by atoms with Gasteiger partial charge in [-0.25, -0.2) is 0 Å². The molecule has 110 valence electrons. The fraction of sp³-hybridized carbons (Fsp3) is 0.933. The average molecular weight is 268 g/mol. The number of rotatable bonds is 3. The van der Waals surface area contributed by atoms with E-state index in [1.54, 1.807) is 0 Å². The number of hydrogen-bond acceptors (Lipinski definition) is 3. The van der Waals surface area contributed by atoms with Crippen molar-refractivity contribution in [2.24, 2.45) is 11.8 Å². The van der Waals surface area contributed by atoms with Crippen LogP contribution in [0.15, 0.2) is 0 Å². The van der Waals surface area contributed by atoms with Gasteiger partial charge in [-0.05, 0) is 39.2 Å². The molecule has 5 unspecified atom stereocenters. The minimum absolute atomic E-state index is 0.0172. The summed E-state index contributed by atoms with van der Waals surface area (Å²) in [6.07, 6.45) is 3.94. The largest absolute Gasteiger partial charge is 0.374 e. The van der Waals surface area contributed by atoms with Crippen molar-refractivity contribution in [3.63, 3.8) is 0 Å². The molecule has 5 atom stereocenters. The first-order valence-electron chi connectivity index (χ1n) is 7.64. The van der Waals surface area contributed by atoms with Crippen LogP contribution in [0, 0.1) is 11.8 Å². The van der Waals surface area contributed by atoms with Crippen molar-refractivity contribution >= 4 is 5.91 Å². The van der Waals surface area contributed by atoms with Crippen LogP contribution in [0.2, 0.25) is 0 Å².